The molecule has 1 radical (unpaired) electrons. The van der Waals surface area contributed by atoms with Crippen LogP contribution in [-0.4, -0.2) is 27.9 Å². The average molecular weight is 390 g/mol. The van der Waals surface area contributed by atoms with Gasteiger partial charge in [0.2, 0.25) is 0 Å². The Labute approximate surface area is 101 Å². The molecule has 103 valence electrons. The molecule has 0 aliphatic rings. The molecule has 0 aliphatic heterocycles. The monoisotopic (exact) mass is 389 g/mol. The molecule has 0 rings (SSSR count). The van der Waals surface area contributed by atoms with Crippen molar-refractivity contribution in [1.29, 1.82) is 0 Å². The molecular formula is C2AgF6O5S2. The fourth-order valence-electron chi connectivity index (χ4n) is 0.195. The van der Waals surface area contributed by atoms with Gasteiger partial charge in [-0.25, -0.2) is 0 Å². The summed E-state index contributed by atoms with van der Waals surface area (Å²) in [6, 6.07) is 0. The molecule has 0 unspecified atom stereocenters. The van der Waals surface area contributed by atoms with Gasteiger partial charge < -0.3 is 0 Å². The summed E-state index contributed by atoms with van der Waals surface area (Å²) in [4.78, 5) is 0. The summed E-state index contributed by atoms with van der Waals surface area (Å²) in [7, 11) is -13.7. The van der Waals surface area contributed by atoms with E-state index in [1.54, 1.807) is 0 Å². The molecule has 5 nitrogen and oxygen atoms in total. The molecule has 0 saturated carbocycles. The number of hydrogen-bond donors (Lipinski definition) is 0. The fourth-order valence-corrected chi connectivity index (χ4v) is 1.76. The summed E-state index contributed by atoms with van der Waals surface area (Å²) in [5.74, 6) is 0. The molecule has 0 atom stereocenters. The fraction of sp³-hybridized carbons (Fsp3) is 1.00. The van der Waals surface area contributed by atoms with Gasteiger partial charge in [0.15, 0.2) is 0 Å². The van der Waals surface area contributed by atoms with E-state index in [0.717, 1.165) is 0 Å². The molecule has 14 heteroatoms. The molecule has 0 fully saturated rings. The Morgan fingerprint density at radius 3 is 1.00 bits per heavy atom. The third-order valence-electron chi connectivity index (χ3n) is 0.746. The van der Waals surface area contributed by atoms with Crippen molar-refractivity contribution in [3.05, 3.63) is 0 Å². The van der Waals surface area contributed by atoms with Crippen molar-refractivity contribution in [2.45, 2.75) is 11.0 Å². The minimum absolute atomic E-state index is 0. The molecule has 0 aromatic rings. The van der Waals surface area contributed by atoms with Crippen molar-refractivity contribution in [2.24, 2.45) is 0 Å². The Kier molecular flexibility index (Phi) is 5.58. The van der Waals surface area contributed by atoms with Crippen molar-refractivity contribution in [3.63, 3.8) is 0 Å². The van der Waals surface area contributed by atoms with Gasteiger partial charge in [-0.3, -0.25) is 0 Å². The molecule has 0 aliphatic carbocycles. The number of halogens is 6. The third kappa shape index (κ3) is 4.21. The maximum atomic E-state index is 11.4. The molecular weight excluding hydrogens is 390 g/mol. The van der Waals surface area contributed by atoms with Crippen LogP contribution in [0.1, 0.15) is 0 Å². The summed E-state index contributed by atoms with van der Waals surface area (Å²) >= 11 is 0. The zero-order valence-corrected chi connectivity index (χ0v) is 9.54. The largest absolute Gasteiger partial charge is 0.524 e. The van der Waals surface area contributed by atoms with Crippen molar-refractivity contribution in [1.82, 2.24) is 0 Å². The van der Waals surface area contributed by atoms with Gasteiger partial charge in [0.05, 0.1) is 0 Å². The molecule has 0 saturated heterocycles. The van der Waals surface area contributed by atoms with Crippen LogP contribution in [0.2, 0.25) is 0 Å². The summed E-state index contributed by atoms with van der Waals surface area (Å²) in [5.41, 5.74) is -12.5. The summed E-state index contributed by atoms with van der Waals surface area (Å²) in [6.45, 7) is 0. The molecule has 16 heavy (non-hydrogen) atoms. The van der Waals surface area contributed by atoms with Crippen molar-refractivity contribution < 1.29 is 69.2 Å². The second-order valence-electron chi connectivity index (χ2n) is 1.87. The Bertz CT molecular complexity index is 387. The first kappa shape index (κ1) is 18.5. The summed E-state index contributed by atoms with van der Waals surface area (Å²) in [6.07, 6.45) is 0. The van der Waals surface area contributed by atoms with E-state index in [4.69, 9.17) is 0 Å². The summed E-state index contributed by atoms with van der Waals surface area (Å²) < 4.78 is 110. The van der Waals surface area contributed by atoms with Crippen LogP contribution in [0.5, 0.6) is 0 Å². The van der Waals surface area contributed by atoms with Crippen LogP contribution in [-0.2, 0) is 46.2 Å². The van der Waals surface area contributed by atoms with Crippen LogP contribution in [0.25, 0.3) is 0 Å². The first-order chi connectivity index (χ1) is 6.21. The molecule has 0 amide bonds. The Morgan fingerprint density at radius 1 is 0.688 bits per heavy atom. The van der Waals surface area contributed by atoms with Crippen molar-refractivity contribution in [3.8, 4) is 0 Å². The molecule has 0 aromatic carbocycles. The van der Waals surface area contributed by atoms with E-state index in [2.05, 4.69) is 0 Å². The van der Waals surface area contributed by atoms with Gasteiger partial charge in [-0.2, -0.15) is 43.2 Å². The molecule has 0 bridgehead atoms. The zero-order chi connectivity index (χ0) is 12.7. The van der Waals surface area contributed by atoms with Gasteiger partial charge in [0.25, 0.3) is 0 Å². The maximum Gasteiger partial charge on any atom is 0.524 e. The van der Waals surface area contributed by atoms with Gasteiger partial charge in [-0.05, 0) is 0 Å². The van der Waals surface area contributed by atoms with E-state index < -0.39 is 31.3 Å². The topological polar surface area (TPSA) is 77.5 Å². The van der Waals surface area contributed by atoms with Crippen LogP contribution in [0.3, 0.4) is 0 Å². The Hall–Kier alpha value is 0.180. The van der Waals surface area contributed by atoms with Crippen LogP contribution in [0, 0.1) is 0 Å². The van der Waals surface area contributed by atoms with Crippen LogP contribution in [0.15, 0.2) is 0 Å². The van der Waals surface area contributed by atoms with E-state index in [0.29, 0.717) is 0 Å². The average Bonchev–Trinajstić information content (AvgIpc) is 1.77. The van der Waals surface area contributed by atoms with Crippen molar-refractivity contribution >= 4 is 20.2 Å². The van der Waals surface area contributed by atoms with Crippen LogP contribution < -0.4 is 0 Å². The SMILES string of the molecule is O=S(=O)(OS(=O)(=O)C(F)(F)F)C(F)(F)F.[Ag]. The quantitative estimate of drug-likeness (QED) is 0.394. The van der Waals surface area contributed by atoms with Crippen LogP contribution in [0.4, 0.5) is 26.3 Å². The minimum atomic E-state index is -6.85. The zero-order valence-electron chi connectivity index (χ0n) is 6.43. The van der Waals surface area contributed by atoms with Gasteiger partial charge >= 0.3 is 31.3 Å². The number of rotatable bonds is 2. The van der Waals surface area contributed by atoms with E-state index in [1.165, 1.54) is 0 Å². The number of hydrogen-bond acceptors (Lipinski definition) is 5. The normalized spacial score (nSPS) is 14.4. The van der Waals surface area contributed by atoms with Gasteiger partial charge in [0.1, 0.15) is 0 Å². The van der Waals surface area contributed by atoms with Gasteiger partial charge in [-0.15, -0.1) is 3.63 Å². The second kappa shape index (κ2) is 4.81. The predicted molar refractivity (Wildman–Crippen MR) is 31.0 cm³/mol. The molecule has 0 spiro atoms. The van der Waals surface area contributed by atoms with E-state index in [-0.39, 0.29) is 22.4 Å². The molecule has 0 aromatic heterocycles. The first-order valence-corrected chi connectivity index (χ1v) is 5.36. The van der Waals surface area contributed by atoms with E-state index >= 15 is 0 Å². The third-order valence-corrected chi connectivity index (χ3v) is 3.31. The maximum absolute atomic E-state index is 11.4. The van der Waals surface area contributed by atoms with E-state index in [1.807, 2.05) is 3.63 Å². The second-order valence-corrected chi connectivity index (χ2v) is 5.15. The molecule has 0 heterocycles. The smallest absolute Gasteiger partial charge is 0.188 e. The van der Waals surface area contributed by atoms with Crippen molar-refractivity contribution in [2.75, 3.05) is 0 Å². The first-order valence-electron chi connectivity index (χ1n) is 2.54. The van der Waals surface area contributed by atoms with Gasteiger partial charge in [0, 0.05) is 22.4 Å². The minimum Gasteiger partial charge on any atom is -0.188 e. The van der Waals surface area contributed by atoms with Crippen LogP contribution >= 0.6 is 0 Å². The Morgan fingerprint density at radius 2 is 0.875 bits per heavy atom. The van der Waals surface area contributed by atoms with E-state index in [9.17, 15) is 43.2 Å². The Balaban J connectivity index is 0. The predicted octanol–water partition coefficient (Wildman–Crippen LogP) is 0.700. The van der Waals surface area contributed by atoms with Gasteiger partial charge in [-0.1, -0.05) is 0 Å². The molecule has 0 N–H and O–H groups in total. The standard InChI is InChI=1S/C2F6O5S2.Ag/c3-1(4,5)14(9,10)13-15(11,12)2(6,7)8;. The number of alkyl halides is 6. The summed E-state index contributed by atoms with van der Waals surface area (Å²) in [5, 5.41) is 0.